The van der Waals surface area contributed by atoms with E-state index in [1.54, 1.807) is 0 Å². The highest BCUT2D eigenvalue weighted by atomic mass is 32.2. The first-order chi connectivity index (χ1) is 26.7. The van der Waals surface area contributed by atoms with Crippen LogP contribution < -0.4 is 34.0 Å². The van der Waals surface area contributed by atoms with Crippen LogP contribution in [0.3, 0.4) is 0 Å². The molecule has 1 aromatic rings. The molecule has 21 nitrogen and oxygen atoms in total. The molecule has 2 aliphatic heterocycles. The van der Waals surface area contributed by atoms with Gasteiger partial charge < -0.3 is 88.3 Å². The lowest BCUT2D eigenvalue weighted by molar-refractivity contribution is -0.384. The van der Waals surface area contributed by atoms with Gasteiger partial charge in [0.2, 0.25) is 5.91 Å². The summed E-state index contributed by atoms with van der Waals surface area (Å²) in [6, 6.07) is 0.798. The van der Waals surface area contributed by atoms with Gasteiger partial charge in [-0.05, 0) is 30.5 Å². The van der Waals surface area contributed by atoms with Crippen molar-refractivity contribution < 1.29 is 64.0 Å². The zero-order chi connectivity index (χ0) is 41.1. The Morgan fingerprint density at radius 3 is 2.11 bits per heavy atom. The Kier molecular flexibility index (Phi) is 18.8. The Hall–Kier alpha value is -1.85. The molecule has 0 unspecified atom stereocenters. The van der Waals surface area contributed by atoms with E-state index < -0.39 is 115 Å². The van der Waals surface area contributed by atoms with Crippen LogP contribution in [-0.2, 0) is 28.5 Å². The van der Waals surface area contributed by atoms with E-state index in [2.05, 4.69) is 5.32 Å². The minimum Gasteiger partial charge on any atom is -0.394 e. The van der Waals surface area contributed by atoms with Crippen LogP contribution in [-0.4, -0.2) is 182 Å². The highest BCUT2D eigenvalue weighted by Crippen LogP contribution is 2.31. The number of nitrogens with two attached hydrogens (primary N) is 5. The number of carbonyl (C=O) groups excluding carboxylic acids is 1. The highest BCUT2D eigenvalue weighted by molar-refractivity contribution is 8.00. The van der Waals surface area contributed by atoms with Crippen molar-refractivity contribution in [2.24, 2.45) is 28.7 Å². The summed E-state index contributed by atoms with van der Waals surface area (Å²) >= 11 is 2.69. The Labute approximate surface area is 332 Å². The molecular weight excluding hydrogens is 783 g/mol. The van der Waals surface area contributed by atoms with Crippen molar-refractivity contribution in [2.45, 2.75) is 111 Å². The second-order valence-electron chi connectivity index (χ2n) is 14.0. The van der Waals surface area contributed by atoms with Crippen LogP contribution in [0.15, 0.2) is 24.3 Å². The molecule has 2 saturated heterocycles. The number of nitro benzene ring substituents is 1. The molecule has 23 heteroatoms. The van der Waals surface area contributed by atoms with Crippen molar-refractivity contribution >= 4 is 35.1 Å². The lowest BCUT2D eigenvalue weighted by atomic mass is 9.84. The van der Waals surface area contributed by atoms with Crippen molar-refractivity contribution in [1.82, 2.24) is 5.32 Å². The third kappa shape index (κ3) is 12.6. The molecular formula is C33H57N7O14S2. The minimum atomic E-state index is -1.46. The van der Waals surface area contributed by atoms with Gasteiger partial charge in [-0.15, -0.1) is 11.8 Å². The molecule has 0 aromatic heterocycles. The first-order valence-electron chi connectivity index (χ1n) is 18.3. The number of amides is 1. The number of benzene rings is 1. The maximum Gasteiger partial charge on any atom is 0.269 e. The molecule has 1 aliphatic carbocycles. The SMILES string of the molecule is NC[C@H]1O[C@H](O[C@H]2[C@H](O)[C@@H](O[C@@H]3O[C@H](CSCCOCCSCC(=O)N[C@H](CO)[C@H](O)c4ccc([N+](=O)[O-])cc4)[C@@H](O)[C@H](N)[C@H]3O)[C@H](N)C[C@@H]2N)[C@H](N)C[C@@H]1O. The van der Waals surface area contributed by atoms with Crippen LogP contribution in [0.4, 0.5) is 5.69 Å². The summed E-state index contributed by atoms with van der Waals surface area (Å²) in [6.45, 7) is 0.153. The van der Waals surface area contributed by atoms with Gasteiger partial charge in [0.15, 0.2) is 12.6 Å². The van der Waals surface area contributed by atoms with E-state index in [0.717, 1.165) is 0 Å². The topological polar surface area (TPSA) is 370 Å². The Balaban J connectivity index is 1.15. The van der Waals surface area contributed by atoms with Crippen LogP contribution in [0.25, 0.3) is 0 Å². The number of nitrogens with zero attached hydrogens (tertiary/aromatic N) is 1. The normalized spacial score (nSPS) is 36.1. The molecule has 0 spiro atoms. The largest absolute Gasteiger partial charge is 0.394 e. The first-order valence-corrected chi connectivity index (χ1v) is 20.6. The fourth-order valence-electron chi connectivity index (χ4n) is 6.62. The van der Waals surface area contributed by atoms with Gasteiger partial charge in [-0.3, -0.25) is 14.9 Å². The molecule has 1 saturated carbocycles. The predicted octanol–water partition coefficient (Wildman–Crippen LogP) is -4.69. The fraction of sp³-hybridized carbons (Fsp3) is 0.788. The number of thioether (sulfide) groups is 2. The second kappa shape index (κ2) is 22.5. The summed E-state index contributed by atoms with van der Waals surface area (Å²) in [5, 5.41) is 76.7. The van der Waals surface area contributed by atoms with E-state index in [1.807, 2.05) is 0 Å². The van der Waals surface area contributed by atoms with Crippen LogP contribution in [0.1, 0.15) is 24.5 Å². The van der Waals surface area contributed by atoms with Gasteiger partial charge in [0.25, 0.3) is 5.69 Å². The van der Waals surface area contributed by atoms with Crippen molar-refractivity contribution in [3.63, 3.8) is 0 Å². The summed E-state index contributed by atoms with van der Waals surface area (Å²) in [7, 11) is 0. The van der Waals surface area contributed by atoms with E-state index in [9.17, 15) is 45.5 Å². The zero-order valence-electron chi connectivity index (χ0n) is 30.7. The molecule has 4 rings (SSSR count). The van der Waals surface area contributed by atoms with Crippen LogP contribution in [0, 0.1) is 10.1 Å². The first kappa shape index (κ1) is 46.8. The van der Waals surface area contributed by atoms with Crippen molar-refractivity contribution in [3.05, 3.63) is 39.9 Å². The molecule has 3 fully saturated rings. The number of aliphatic hydroxyl groups excluding tert-OH is 6. The predicted molar refractivity (Wildman–Crippen MR) is 204 cm³/mol. The monoisotopic (exact) mass is 839 g/mol. The standard InChI is InChI=1S/C33H57N7O14S2/c34-11-22-21(42)10-19(37)32(51-22)53-30-17(35)9-18(36)31(29(30)47)54-33-28(46)25(38)27(45)23(52-33)13-55-7-5-50-6-8-56-14-24(43)39-20(12-41)26(44)15-1-3-16(4-2-15)40(48)49/h1-4,17-23,25-33,41-42,44-47H,5-14,34-38H2,(H,39,43)/t17-,18+,19+,20+,21-,22+,23+,25-,26+,27+,28+,29-,30+,31-,32+,33-/m0/s1. The average molecular weight is 840 g/mol. The molecule has 2 heterocycles. The molecule has 1 aromatic carbocycles. The minimum absolute atomic E-state index is 0.0273. The van der Waals surface area contributed by atoms with Crippen molar-refractivity contribution in [1.29, 1.82) is 0 Å². The Bertz CT molecular complexity index is 1370. The molecule has 0 radical (unpaired) electrons. The summed E-state index contributed by atoms with van der Waals surface area (Å²) in [5.74, 6) is 0.877. The van der Waals surface area contributed by atoms with Crippen molar-refractivity contribution in [3.8, 4) is 0 Å². The van der Waals surface area contributed by atoms with E-state index in [4.69, 9.17) is 52.4 Å². The number of hydrogen-bond acceptors (Lipinski definition) is 21. The second-order valence-corrected chi connectivity index (χ2v) is 16.2. The van der Waals surface area contributed by atoms with E-state index in [1.165, 1.54) is 47.8 Å². The van der Waals surface area contributed by atoms with Gasteiger partial charge in [0.05, 0.1) is 73.0 Å². The van der Waals surface area contributed by atoms with Gasteiger partial charge in [-0.25, -0.2) is 0 Å². The third-order valence-corrected chi connectivity index (χ3v) is 11.8. The Morgan fingerprint density at radius 2 is 1.50 bits per heavy atom. The Morgan fingerprint density at radius 1 is 0.893 bits per heavy atom. The van der Waals surface area contributed by atoms with Crippen LogP contribution >= 0.6 is 23.5 Å². The molecule has 320 valence electrons. The van der Waals surface area contributed by atoms with Gasteiger partial charge in [0.1, 0.15) is 30.5 Å². The molecule has 0 bridgehead atoms. The number of nitrogens with one attached hydrogen (secondary N) is 1. The highest BCUT2D eigenvalue weighted by Gasteiger charge is 2.50. The number of hydrogen-bond donors (Lipinski definition) is 12. The molecule has 16 atom stereocenters. The third-order valence-electron chi connectivity index (χ3n) is 9.86. The molecule has 3 aliphatic rings. The summed E-state index contributed by atoms with van der Waals surface area (Å²) in [4.78, 5) is 22.7. The van der Waals surface area contributed by atoms with Gasteiger partial charge >= 0.3 is 0 Å². The van der Waals surface area contributed by atoms with Gasteiger partial charge in [0, 0.05) is 48.0 Å². The number of aliphatic hydroxyl groups is 6. The lowest BCUT2D eigenvalue weighted by Crippen LogP contribution is -2.68. The van der Waals surface area contributed by atoms with E-state index in [0.29, 0.717) is 30.3 Å². The lowest BCUT2D eigenvalue weighted by Gasteiger charge is -2.48. The van der Waals surface area contributed by atoms with Gasteiger partial charge in [-0.2, -0.15) is 11.8 Å². The number of nitro groups is 1. The zero-order valence-corrected chi connectivity index (χ0v) is 32.4. The molecule has 56 heavy (non-hydrogen) atoms. The maximum atomic E-state index is 12.4. The van der Waals surface area contributed by atoms with E-state index >= 15 is 0 Å². The fourth-order valence-corrected chi connectivity index (χ4v) is 8.17. The van der Waals surface area contributed by atoms with Crippen LogP contribution in [0.2, 0.25) is 0 Å². The summed E-state index contributed by atoms with van der Waals surface area (Å²) in [6.07, 6.45) is -12.0. The average Bonchev–Trinajstić information content (AvgIpc) is 3.17. The number of carbonyl (C=O) groups is 1. The van der Waals surface area contributed by atoms with Crippen LogP contribution in [0.5, 0.6) is 0 Å². The van der Waals surface area contributed by atoms with Gasteiger partial charge in [-0.1, -0.05) is 0 Å². The number of ether oxygens (including phenoxy) is 5. The maximum absolute atomic E-state index is 12.4. The van der Waals surface area contributed by atoms with E-state index in [-0.39, 0.29) is 36.6 Å². The quantitative estimate of drug-likeness (QED) is 0.0333. The summed E-state index contributed by atoms with van der Waals surface area (Å²) < 4.78 is 29.3. The van der Waals surface area contributed by atoms with Crippen molar-refractivity contribution in [2.75, 3.05) is 49.4 Å². The number of rotatable bonds is 20. The summed E-state index contributed by atoms with van der Waals surface area (Å²) in [5.41, 5.74) is 30.8. The molecule has 17 N–H and O–H groups in total. The number of non-ortho nitro benzene ring substituents is 1. The smallest absolute Gasteiger partial charge is 0.269 e. The molecule has 1 amide bonds.